The molecule has 2 rings (SSSR count). The molecule has 2 aromatic carbocycles. The van der Waals surface area contributed by atoms with E-state index in [-0.39, 0.29) is 18.9 Å². The van der Waals surface area contributed by atoms with Crippen molar-refractivity contribution in [1.82, 2.24) is 4.90 Å². The third-order valence-electron chi connectivity index (χ3n) is 3.59. The van der Waals surface area contributed by atoms with Gasteiger partial charge >= 0.3 is 18.9 Å². The molecular weight excluding hydrogens is 249 g/mol. The van der Waals surface area contributed by atoms with E-state index < -0.39 is 0 Å². The minimum atomic E-state index is 0. The van der Waals surface area contributed by atoms with Gasteiger partial charge < -0.3 is 0 Å². The van der Waals surface area contributed by atoms with Crippen molar-refractivity contribution in [2.24, 2.45) is 0 Å². The molecule has 0 N–H and O–H groups in total. The van der Waals surface area contributed by atoms with Crippen molar-refractivity contribution in [3.05, 3.63) is 71.3 Å². The van der Waals surface area contributed by atoms with Crippen LogP contribution in [-0.4, -0.2) is 11.4 Å². The molecule has 0 atom stereocenters. The van der Waals surface area contributed by atoms with Gasteiger partial charge in [0.2, 0.25) is 0 Å². The van der Waals surface area contributed by atoms with E-state index in [9.17, 15) is 0 Å². The van der Waals surface area contributed by atoms with Gasteiger partial charge in [0.05, 0.1) is 0 Å². The average Bonchev–Trinajstić information content (AvgIpc) is 2.48. The number of hydrogen-bond acceptors (Lipinski definition) is 1. The molecule has 1 nitrogen and oxygen atoms in total. The van der Waals surface area contributed by atoms with Crippen LogP contribution in [0.4, 0.5) is 0 Å². The second-order valence-electron chi connectivity index (χ2n) is 5.57. The Morgan fingerprint density at radius 2 is 1.67 bits per heavy atom. The predicted octanol–water partition coefficient (Wildman–Crippen LogP) is 1.64. The van der Waals surface area contributed by atoms with E-state index in [1.54, 1.807) is 0 Å². The summed E-state index contributed by atoms with van der Waals surface area (Å²) < 4.78 is 0. The van der Waals surface area contributed by atoms with E-state index in [0.29, 0.717) is 5.92 Å². The van der Waals surface area contributed by atoms with Crippen molar-refractivity contribution in [2.75, 3.05) is 6.54 Å². The zero-order valence-electron chi connectivity index (χ0n) is 13.8. The Bertz CT molecular complexity index is 522. The maximum Gasteiger partial charge on any atom is 1.00 e. The molecule has 0 unspecified atom stereocenters. The van der Waals surface area contributed by atoms with E-state index in [2.05, 4.69) is 80.3 Å². The Hall–Kier alpha value is -1.00. The Kier molecular flexibility index (Phi) is 7.82. The molecule has 0 heterocycles. The molecule has 2 heteroatoms. The van der Waals surface area contributed by atoms with E-state index in [1.807, 2.05) is 0 Å². The molecule has 0 radical (unpaired) electrons. The Balaban J connectivity index is 0.00000220. The third-order valence-corrected chi connectivity index (χ3v) is 3.59. The van der Waals surface area contributed by atoms with Crippen molar-refractivity contribution in [3.8, 4) is 0 Å². The molecule has 0 aliphatic rings. The van der Waals surface area contributed by atoms with Crippen molar-refractivity contribution in [1.29, 1.82) is 0 Å². The fourth-order valence-corrected chi connectivity index (χ4v) is 2.33. The van der Waals surface area contributed by atoms with Gasteiger partial charge in [0.1, 0.15) is 0 Å². The normalized spacial score (nSPS) is 10.7. The van der Waals surface area contributed by atoms with Gasteiger partial charge in [0.25, 0.3) is 0 Å². The number of nitrogens with zero attached hydrogens (tertiary/aromatic N) is 1. The third kappa shape index (κ3) is 5.71. The Morgan fingerprint density at radius 3 is 2.29 bits per heavy atom. The fourth-order valence-electron chi connectivity index (χ4n) is 2.33. The zero-order valence-corrected chi connectivity index (χ0v) is 13.8. The topological polar surface area (TPSA) is 3.24 Å². The van der Waals surface area contributed by atoms with Crippen LogP contribution in [0, 0.1) is 6.07 Å². The molecule has 21 heavy (non-hydrogen) atoms. The monoisotopic (exact) mass is 273 g/mol. The maximum atomic E-state index is 3.55. The molecular formula is C19H24LiN. The summed E-state index contributed by atoms with van der Waals surface area (Å²) in [5.74, 6) is 0.541. The van der Waals surface area contributed by atoms with Gasteiger partial charge in [-0.05, 0) is 18.0 Å². The van der Waals surface area contributed by atoms with Crippen LogP contribution in [0.3, 0.4) is 0 Å². The van der Waals surface area contributed by atoms with Gasteiger partial charge in [-0.25, -0.2) is 0 Å². The van der Waals surface area contributed by atoms with E-state index >= 15 is 0 Å². The van der Waals surface area contributed by atoms with Crippen LogP contribution in [0.5, 0.6) is 0 Å². The first-order chi connectivity index (χ1) is 9.69. The van der Waals surface area contributed by atoms with Gasteiger partial charge in [0.15, 0.2) is 0 Å². The zero-order chi connectivity index (χ0) is 14.4. The predicted molar refractivity (Wildman–Crippen MR) is 85.6 cm³/mol. The SMILES string of the molecule is CCN(Cc1[c-]c(C(C)C)ccc1)Cc1ccccc1.[Li+]. The van der Waals surface area contributed by atoms with Crippen LogP contribution in [-0.2, 0) is 13.1 Å². The summed E-state index contributed by atoms with van der Waals surface area (Å²) in [6.45, 7) is 9.67. The summed E-state index contributed by atoms with van der Waals surface area (Å²) >= 11 is 0. The first-order valence-electron chi connectivity index (χ1n) is 7.46. The second-order valence-corrected chi connectivity index (χ2v) is 5.57. The largest absolute Gasteiger partial charge is 1.00 e. The molecule has 0 bridgehead atoms. The summed E-state index contributed by atoms with van der Waals surface area (Å²) in [4.78, 5) is 2.45. The summed E-state index contributed by atoms with van der Waals surface area (Å²) in [5.41, 5.74) is 3.96. The quantitative estimate of drug-likeness (QED) is 0.571. The average molecular weight is 273 g/mol. The van der Waals surface area contributed by atoms with E-state index in [0.717, 1.165) is 19.6 Å². The molecule has 2 aromatic rings. The van der Waals surface area contributed by atoms with Crippen molar-refractivity contribution >= 4 is 0 Å². The maximum absolute atomic E-state index is 3.55. The first-order valence-corrected chi connectivity index (χ1v) is 7.46. The summed E-state index contributed by atoms with van der Waals surface area (Å²) in [7, 11) is 0. The van der Waals surface area contributed by atoms with Gasteiger partial charge in [0, 0.05) is 13.1 Å². The molecule has 0 spiro atoms. The molecule has 0 aliphatic heterocycles. The van der Waals surface area contributed by atoms with Crippen molar-refractivity contribution in [3.63, 3.8) is 0 Å². The van der Waals surface area contributed by atoms with E-state index in [4.69, 9.17) is 0 Å². The van der Waals surface area contributed by atoms with Crippen LogP contribution < -0.4 is 18.9 Å². The summed E-state index contributed by atoms with van der Waals surface area (Å²) in [6.07, 6.45) is 0. The standard InChI is InChI=1S/C19H24N.Li/c1-4-20(14-17-9-6-5-7-10-17)15-18-11-8-12-19(13-18)16(2)3;/h5-12,16H,4,14-15H2,1-3H3;/q-1;+1. The van der Waals surface area contributed by atoms with Crippen molar-refractivity contribution in [2.45, 2.75) is 39.8 Å². The number of benzene rings is 2. The van der Waals surface area contributed by atoms with Gasteiger partial charge in [-0.15, -0.1) is 5.56 Å². The van der Waals surface area contributed by atoms with Gasteiger partial charge in [-0.3, -0.25) is 4.90 Å². The van der Waals surface area contributed by atoms with Crippen molar-refractivity contribution < 1.29 is 18.9 Å². The van der Waals surface area contributed by atoms with Crippen LogP contribution in [0.25, 0.3) is 0 Å². The van der Waals surface area contributed by atoms with Crippen LogP contribution in [0.1, 0.15) is 43.4 Å². The fraction of sp³-hybridized carbons (Fsp3) is 0.368. The Labute approximate surface area is 141 Å². The number of rotatable bonds is 6. The van der Waals surface area contributed by atoms with Crippen LogP contribution in [0.15, 0.2) is 48.5 Å². The minimum absolute atomic E-state index is 0. The molecule has 0 saturated heterocycles. The molecule has 0 amide bonds. The second kappa shape index (κ2) is 9.10. The number of hydrogen-bond donors (Lipinski definition) is 0. The van der Waals surface area contributed by atoms with E-state index in [1.165, 1.54) is 16.7 Å². The summed E-state index contributed by atoms with van der Waals surface area (Å²) in [6, 6.07) is 20.7. The summed E-state index contributed by atoms with van der Waals surface area (Å²) in [5, 5.41) is 0. The molecule has 0 aliphatic carbocycles. The Morgan fingerprint density at radius 1 is 0.952 bits per heavy atom. The van der Waals surface area contributed by atoms with Gasteiger partial charge in [-0.2, -0.15) is 29.8 Å². The smallest absolute Gasteiger partial charge is 0.297 e. The van der Waals surface area contributed by atoms with Crippen LogP contribution in [0.2, 0.25) is 0 Å². The molecule has 0 aromatic heterocycles. The molecule has 0 saturated carbocycles. The molecule has 106 valence electrons. The minimum Gasteiger partial charge on any atom is -0.297 e. The molecule has 0 fully saturated rings. The first kappa shape index (κ1) is 18.0. The van der Waals surface area contributed by atoms with Crippen LogP contribution >= 0.6 is 0 Å². The van der Waals surface area contributed by atoms with Gasteiger partial charge in [-0.1, -0.05) is 51.1 Å².